The minimum absolute atomic E-state index is 0.301. The lowest BCUT2D eigenvalue weighted by Crippen LogP contribution is -2.04. The first-order chi connectivity index (χ1) is 8.97. The summed E-state index contributed by atoms with van der Waals surface area (Å²) in [7, 11) is 0. The minimum Gasteiger partial charge on any atom is -0.388 e. The number of halogens is 2. The average Bonchev–Trinajstić information content (AvgIpc) is 2.33. The number of benzene rings is 2. The van der Waals surface area contributed by atoms with Crippen LogP contribution < -0.4 is 0 Å². The van der Waals surface area contributed by atoms with Gasteiger partial charge in [0.05, 0.1) is 10.6 Å². The summed E-state index contributed by atoms with van der Waals surface area (Å²) in [6, 6.07) is 10.9. The van der Waals surface area contributed by atoms with E-state index in [9.17, 15) is 9.50 Å². The molecule has 0 heterocycles. The second-order valence-electron chi connectivity index (χ2n) is 4.85. The van der Waals surface area contributed by atoms with E-state index >= 15 is 0 Å². The normalized spacial score (nSPS) is 12.5. The van der Waals surface area contributed by atoms with E-state index in [1.807, 2.05) is 32.0 Å². The van der Waals surface area contributed by atoms with Crippen molar-refractivity contribution in [3.05, 3.63) is 68.9 Å². The molecular formula is C16H16BrFO. The molecule has 2 rings (SSSR count). The van der Waals surface area contributed by atoms with Gasteiger partial charge in [0, 0.05) is 6.42 Å². The zero-order valence-electron chi connectivity index (χ0n) is 11.0. The number of rotatable bonds is 3. The molecule has 3 heteroatoms. The smallest absolute Gasteiger partial charge is 0.137 e. The lowest BCUT2D eigenvalue weighted by molar-refractivity contribution is 0.178. The third-order valence-corrected chi connectivity index (χ3v) is 3.96. The number of hydrogen-bond acceptors (Lipinski definition) is 1. The van der Waals surface area contributed by atoms with Crippen LogP contribution in [0.3, 0.4) is 0 Å². The molecule has 0 radical (unpaired) electrons. The van der Waals surface area contributed by atoms with Gasteiger partial charge in [-0.1, -0.05) is 41.5 Å². The Kier molecular flexibility index (Phi) is 4.38. The van der Waals surface area contributed by atoms with E-state index in [-0.39, 0.29) is 5.82 Å². The molecule has 1 nitrogen and oxygen atoms in total. The lowest BCUT2D eigenvalue weighted by Gasteiger charge is -2.14. The van der Waals surface area contributed by atoms with E-state index in [1.54, 1.807) is 6.07 Å². The van der Waals surface area contributed by atoms with Crippen LogP contribution in [0.2, 0.25) is 0 Å². The van der Waals surface area contributed by atoms with Gasteiger partial charge in [-0.25, -0.2) is 4.39 Å². The van der Waals surface area contributed by atoms with Crippen molar-refractivity contribution in [2.75, 3.05) is 0 Å². The molecule has 1 atom stereocenters. The Bertz CT molecular complexity index is 575. The maximum Gasteiger partial charge on any atom is 0.137 e. The first kappa shape index (κ1) is 14.2. The summed E-state index contributed by atoms with van der Waals surface area (Å²) in [5, 5.41) is 10.3. The van der Waals surface area contributed by atoms with E-state index < -0.39 is 6.10 Å². The molecule has 0 aromatic heterocycles. The number of hydrogen-bond donors (Lipinski definition) is 1. The van der Waals surface area contributed by atoms with E-state index in [1.165, 1.54) is 6.07 Å². The van der Waals surface area contributed by atoms with Crippen LogP contribution in [-0.4, -0.2) is 5.11 Å². The topological polar surface area (TPSA) is 20.2 Å². The van der Waals surface area contributed by atoms with Crippen LogP contribution in [0, 0.1) is 19.7 Å². The highest BCUT2D eigenvalue weighted by Gasteiger charge is 2.13. The predicted octanol–water partition coefficient (Wildman–Crippen LogP) is 4.48. The summed E-state index contributed by atoms with van der Waals surface area (Å²) < 4.78 is 13.9. The summed E-state index contributed by atoms with van der Waals surface area (Å²) >= 11 is 3.22. The van der Waals surface area contributed by atoms with Crippen molar-refractivity contribution in [1.29, 1.82) is 0 Å². The monoisotopic (exact) mass is 322 g/mol. The molecule has 2 aromatic rings. The molecule has 2 aromatic carbocycles. The van der Waals surface area contributed by atoms with Crippen LogP contribution >= 0.6 is 15.9 Å². The minimum atomic E-state index is -0.628. The van der Waals surface area contributed by atoms with Crippen LogP contribution in [0.1, 0.15) is 28.4 Å². The van der Waals surface area contributed by atoms with Gasteiger partial charge < -0.3 is 5.11 Å². The van der Waals surface area contributed by atoms with Crippen molar-refractivity contribution in [2.45, 2.75) is 26.4 Å². The van der Waals surface area contributed by atoms with Gasteiger partial charge >= 0.3 is 0 Å². The first-order valence-corrected chi connectivity index (χ1v) is 6.96. The summed E-state index contributed by atoms with van der Waals surface area (Å²) in [6.45, 7) is 4.00. The molecule has 0 aliphatic heterocycles. The Morgan fingerprint density at radius 2 is 1.79 bits per heavy atom. The van der Waals surface area contributed by atoms with E-state index in [2.05, 4.69) is 22.0 Å². The van der Waals surface area contributed by atoms with Gasteiger partial charge in [0.25, 0.3) is 0 Å². The van der Waals surface area contributed by atoms with Gasteiger partial charge in [0.2, 0.25) is 0 Å². The average molecular weight is 323 g/mol. The van der Waals surface area contributed by atoms with Crippen LogP contribution in [0.4, 0.5) is 4.39 Å². The second-order valence-corrected chi connectivity index (χ2v) is 5.65. The SMILES string of the molecule is Cc1cc(C)cc(C(O)Cc2cccc(F)c2Br)c1. The molecule has 0 amide bonds. The van der Waals surface area contributed by atoms with Crippen molar-refractivity contribution < 1.29 is 9.50 Å². The fraction of sp³-hybridized carbons (Fsp3) is 0.250. The summed E-state index contributed by atoms with van der Waals surface area (Å²) in [5.41, 5.74) is 3.88. The zero-order chi connectivity index (χ0) is 14.0. The van der Waals surface area contributed by atoms with Crippen LogP contribution in [-0.2, 0) is 6.42 Å². The van der Waals surface area contributed by atoms with Crippen LogP contribution in [0.25, 0.3) is 0 Å². The van der Waals surface area contributed by atoms with Gasteiger partial charge in [0.15, 0.2) is 0 Å². The molecule has 0 saturated heterocycles. The maximum atomic E-state index is 13.4. The number of aryl methyl sites for hydroxylation is 2. The second kappa shape index (κ2) is 5.85. The van der Waals surface area contributed by atoms with E-state index in [0.717, 1.165) is 22.3 Å². The molecule has 19 heavy (non-hydrogen) atoms. The maximum absolute atomic E-state index is 13.4. The Balaban J connectivity index is 2.25. The highest BCUT2D eigenvalue weighted by atomic mass is 79.9. The van der Waals surface area contributed by atoms with Crippen molar-refractivity contribution >= 4 is 15.9 Å². The van der Waals surface area contributed by atoms with Gasteiger partial charge in [-0.2, -0.15) is 0 Å². The Morgan fingerprint density at radius 3 is 2.42 bits per heavy atom. The highest BCUT2D eigenvalue weighted by Crippen LogP contribution is 2.26. The van der Waals surface area contributed by atoms with E-state index in [4.69, 9.17) is 0 Å². The molecule has 0 fully saturated rings. The predicted molar refractivity (Wildman–Crippen MR) is 78.7 cm³/mol. The lowest BCUT2D eigenvalue weighted by atomic mass is 9.98. The molecule has 1 unspecified atom stereocenters. The standard InChI is InChI=1S/C16H16BrFO/c1-10-6-11(2)8-13(7-10)15(19)9-12-4-3-5-14(18)16(12)17/h3-8,15,19H,9H2,1-2H3. The van der Waals surface area contributed by atoms with Gasteiger partial charge in [-0.15, -0.1) is 0 Å². The molecule has 0 aliphatic carbocycles. The largest absolute Gasteiger partial charge is 0.388 e. The van der Waals surface area contributed by atoms with Crippen molar-refractivity contribution in [2.24, 2.45) is 0 Å². The van der Waals surface area contributed by atoms with Crippen molar-refractivity contribution in [3.63, 3.8) is 0 Å². The van der Waals surface area contributed by atoms with Crippen LogP contribution in [0.15, 0.2) is 40.9 Å². The fourth-order valence-electron chi connectivity index (χ4n) is 2.23. The van der Waals surface area contributed by atoms with Crippen molar-refractivity contribution in [1.82, 2.24) is 0 Å². The molecule has 0 spiro atoms. The highest BCUT2D eigenvalue weighted by molar-refractivity contribution is 9.10. The zero-order valence-corrected chi connectivity index (χ0v) is 12.5. The van der Waals surface area contributed by atoms with Gasteiger partial charge in [-0.05, 0) is 47.0 Å². The summed E-state index contributed by atoms with van der Waals surface area (Å²) in [5.74, 6) is -0.301. The number of aliphatic hydroxyl groups is 1. The van der Waals surface area contributed by atoms with E-state index in [0.29, 0.717) is 10.9 Å². The third kappa shape index (κ3) is 3.43. The molecule has 0 aliphatic rings. The van der Waals surface area contributed by atoms with Crippen LogP contribution in [0.5, 0.6) is 0 Å². The quantitative estimate of drug-likeness (QED) is 0.883. The Morgan fingerprint density at radius 1 is 1.16 bits per heavy atom. The molecular weight excluding hydrogens is 307 g/mol. The first-order valence-electron chi connectivity index (χ1n) is 6.16. The Labute approximate surface area is 121 Å². The molecule has 0 saturated carbocycles. The number of aliphatic hydroxyl groups excluding tert-OH is 1. The van der Waals surface area contributed by atoms with Gasteiger partial charge in [0.1, 0.15) is 5.82 Å². The Hall–Kier alpha value is -1.19. The fourth-order valence-corrected chi connectivity index (χ4v) is 2.66. The van der Waals surface area contributed by atoms with Crippen molar-refractivity contribution in [3.8, 4) is 0 Å². The summed E-state index contributed by atoms with van der Waals surface area (Å²) in [4.78, 5) is 0. The summed E-state index contributed by atoms with van der Waals surface area (Å²) in [6.07, 6.45) is -0.238. The molecule has 0 bridgehead atoms. The van der Waals surface area contributed by atoms with Gasteiger partial charge in [-0.3, -0.25) is 0 Å². The third-order valence-electron chi connectivity index (χ3n) is 3.07. The molecule has 100 valence electrons. The molecule has 1 N–H and O–H groups in total.